The number of rotatable bonds is 6. The van der Waals surface area contributed by atoms with Crippen LogP contribution >= 0.6 is 23.1 Å². The van der Waals surface area contributed by atoms with E-state index in [4.69, 9.17) is 0 Å². The second kappa shape index (κ2) is 8.11. The number of aryl methyl sites for hydroxylation is 1. The lowest BCUT2D eigenvalue weighted by Gasteiger charge is -2.02. The molecule has 0 atom stereocenters. The maximum absolute atomic E-state index is 12.1. The summed E-state index contributed by atoms with van der Waals surface area (Å²) in [6.07, 6.45) is 0. The minimum atomic E-state index is -0.444. The molecule has 0 radical (unpaired) electrons. The van der Waals surface area contributed by atoms with Crippen LogP contribution in [0.4, 0.5) is 10.8 Å². The zero-order chi connectivity index (χ0) is 18.5. The fourth-order valence-electron chi connectivity index (χ4n) is 2.18. The number of nitrogens with one attached hydrogen (secondary N) is 1. The molecule has 132 valence electrons. The molecule has 0 unspecified atom stereocenters. The van der Waals surface area contributed by atoms with E-state index in [0.717, 1.165) is 4.90 Å². The van der Waals surface area contributed by atoms with Gasteiger partial charge in [-0.25, -0.2) is 4.98 Å². The number of carbonyl (C=O) groups is 1. The first-order valence-corrected chi connectivity index (χ1v) is 9.57. The average molecular weight is 385 g/mol. The molecule has 0 aliphatic carbocycles. The van der Waals surface area contributed by atoms with Gasteiger partial charge in [0, 0.05) is 28.0 Å². The standard InChI is InChI=1S/C18H15N3O3S2/c1-12-5-7-15(8-6-12)25-11-17(22)20-18-19-16(10-26-18)13-3-2-4-14(9-13)21(23)24/h2-10H,11H2,1H3,(H,19,20,22). The molecule has 0 saturated carbocycles. The first kappa shape index (κ1) is 18.1. The van der Waals surface area contributed by atoms with Gasteiger partial charge in [-0.2, -0.15) is 0 Å². The summed E-state index contributed by atoms with van der Waals surface area (Å²) in [7, 11) is 0. The third kappa shape index (κ3) is 4.68. The van der Waals surface area contributed by atoms with Gasteiger partial charge >= 0.3 is 0 Å². The number of aromatic nitrogens is 1. The Morgan fingerprint density at radius 2 is 2.04 bits per heavy atom. The van der Waals surface area contributed by atoms with Crippen LogP contribution < -0.4 is 5.32 Å². The highest BCUT2D eigenvalue weighted by molar-refractivity contribution is 8.00. The second-order valence-electron chi connectivity index (χ2n) is 5.50. The Labute approximate surface area is 158 Å². The number of thiazole rings is 1. The minimum Gasteiger partial charge on any atom is -0.301 e. The molecule has 0 aliphatic rings. The van der Waals surface area contributed by atoms with Crippen molar-refractivity contribution in [2.75, 3.05) is 11.1 Å². The summed E-state index contributed by atoms with van der Waals surface area (Å²) in [5, 5.41) is 15.9. The maximum Gasteiger partial charge on any atom is 0.270 e. The number of hydrogen-bond donors (Lipinski definition) is 1. The first-order valence-electron chi connectivity index (χ1n) is 7.71. The molecule has 3 rings (SSSR count). The number of amides is 1. The van der Waals surface area contributed by atoms with E-state index in [-0.39, 0.29) is 17.3 Å². The number of nitro groups is 1. The molecule has 1 amide bonds. The largest absolute Gasteiger partial charge is 0.301 e. The highest BCUT2D eigenvalue weighted by atomic mass is 32.2. The molecule has 8 heteroatoms. The van der Waals surface area contributed by atoms with Crippen LogP contribution in [0.3, 0.4) is 0 Å². The van der Waals surface area contributed by atoms with Gasteiger partial charge < -0.3 is 5.32 Å². The van der Waals surface area contributed by atoms with E-state index in [2.05, 4.69) is 10.3 Å². The smallest absolute Gasteiger partial charge is 0.270 e. The van der Waals surface area contributed by atoms with Crippen molar-refractivity contribution in [3.05, 3.63) is 69.6 Å². The lowest BCUT2D eigenvalue weighted by atomic mass is 10.1. The van der Waals surface area contributed by atoms with Gasteiger partial charge in [-0.3, -0.25) is 14.9 Å². The Bertz CT molecular complexity index is 939. The summed E-state index contributed by atoms with van der Waals surface area (Å²) in [6.45, 7) is 2.02. The SMILES string of the molecule is Cc1ccc(SCC(=O)Nc2nc(-c3cccc([N+](=O)[O-])c3)cs2)cc1. The minimum absolute atomic E-state index is 0.00980. The van der Waals surface area contributed by atoms with Gasteiger partial charge in [0.1, 0.15) is 0 Å². The molecule has 0 aliphatic heterocycles. The molecule has 26 heavy (non-hydrogen) atoms. The van der Waals surface area contributed by atoms with Crippen molar-refractivity contribution in [3.63, 3.8) is 0 Å². The fraction of sp³-hybridized carbons (Fsp3) is 0.111. The number of hydrogen-bond acceptors (Lipinski definition) is 6. The highest BCUT2D eigenvalue weighted by Crippen LogP contribution is 2.27. The van der Waals surface area contributed by atoms with Gasteiger partial charge in [-0.15, -0.1) is 23.1 Å². The molecule has 0 bridgehead atoms. The fourth-order valence-corrected chi connectivity index (χ4v) is 3.62. The first-order chi connectivity index (χ1) is 12.5. The number of non-ortho nitro benzene ring substituents is 1. The molecular weight excluding hydrogens is 370 g/mol. The lowest BCUT2D eigenvalue weighted by molar-refractivity contribution is -0.384. The Kier molecular flexibility index (Phi) is 5.65. The number of benzene rings is 2. The summed E-state index contributed by atoms with van der Waals surface area (Å²) in [4.78, 5) is 27.9. The normalized spacial score (nSPS) is 10.5. The number of carbonyl (C=O) groups excluding carboxylic acids is 1. The van der Waals surface area contributed by atoms with Crippen LogP contribution in [0.5, 0.6) is 0 Å². The van der Waals surface area contributed by atoms with Crippen molar-refractivity contribution in [3.8, 4) is 11.3 Å². The molecule has 1 N–H and O–H groups in total. The highest BCUT2D eigenvalue weighted by Gasteiger charge is 2.11. The molecule has 0 spiro atoms. The summed E-state index contributed by atoms with van der Waals surface area (Å²) >= 11 is 2.74. The van der Waals surface area contributed by atoms with Gasteiger partial charge in [-0.05, 0) is 19.1 Å². The Balaban J connectivity index is 1.61. The van der Waals surface area contributed by atoms with Crippen LogP contribution in [0, 0.1) is 17.0 Å². The number of nitro benzene ring substituents is 1. The van der Waals surface area contributed by atoms with Crippen LogP contribution in [0.1, 0.15) is 5.56 Å². The van der Waals surface area contributed by atoms with E-state index in [1.165, 1.54) is 40.8 Å². The Morgan fingerprint density at radius 3 is 2.77 bits per heavy atom. The zero-order valence-electron chi connectivity index (χ0n) is 13.8. The van der Waals surface area contributed by atoms with Crippen molar-refractivity contribution in [1.82, 2.24) is 4.98 Å². The number of anilines is 1. The van der Waals surface area contributed by atoms with E-state index in [9.17, 15) is 14.9 Å². The van der Waals surface area contributed by atoms with Crippen molar-refractivity contribution in [2.24, 2.45) is 0 Å². The number of nitrogens with zero attached hydrogens (tertiary/aromatic N) is 2. The molecule has 6 nitrogen and oxygen atoms in total. The summed E-state index contributed by atoms with van der Waals surface area (Å²) < 4.78 is 0. The Morgan fingerprint density at radius 1 is 1.27 bits per heavy atom. The van der Waals surface area contributed by atoms with E-state index >= 15 is 0 Å². The monoisotopic (exact) mass is 385 g/mol. The predicted molar refractivity (Wildman–Crippen MR) is 105 cm³/mol. The third-order valence-electron chi connectivity index (χ3n) is 3.49. The lowest BCUT2D eigenvalue weighted by Crippen LogP contribution is -2.13. The molecule has 1 aromatic heterocycles. The summed E-state index contributed by atoms with van der Waals surface area (Å²) in [5.74, 6) is 0.143. The van der Waals surface area contributed by atoms with Gasteiger partial charge in [0.25, 0.3) is 5.69 Å². The van der Waals surface area contributed by atoms with Crippen LogP contribution in [0.15, 0.2) is 58.8 Å². The van der Waals surface area contributed by atoms with Crippen molar-refractivity contribution in [2.45, 2.75) is 11.8 Å². The van der Waals surface area contributed by atoms with Crippen molar-refractivity contribution in [1.29, 1.82) is 0 Å². The zero-order valence-corrected chi connectivity index (χ0v) is 15.5. The van der Waals surface area contributed by atoms with E-state index in [1.54, 1.807) is 17.5 Å². The van der Waals surface area contributed by atoms with Crippen molar-refractivity contribution < 1.29 is 9.72 Å². The number of thioether (sulfide) groups is 1. The summed E-state index contributed by atoms with van der Waals surface area (Å²) in [5.41, 5.74) is 2.43. The van der Waals surface area contributed by atoms with Gasteiger partial charge in [0.2, 0.25) is 5.91 Å². The third-order valence-corrected chi connectivity index (χ3v) is 5.26. The van der Waals surface area contributed by atoms with E-state index < -0.39 is 4.92 Å². The van der Waals surface area contributed by atoms with Crippen molar-refractivity contribution >= 4 is 39.8 Å². The molecule has 2 aromatic carbocycles. The van der Waals surface area contributed by atoms with Crippen LogP contribution in [0.2, 0.25) is 0 Å². The van der Waals surface area contributed by atoms with Gasteiger partial charge in [0.15, 0.2) is 5.13 Å². The van der Waals surface area contributed by atoms with Crippen LogP contribution in [-0.4, -0.2) is 21.6 Å². The molecule has 0 fully saturated rings. The Hall–Kier alpha value is -2.71. The molecule has 1 heterocycles. The maximum atomic E-state index is 12.1. The molecule has 0 saturated heterocycles. The summed E-state index contributed by atoms with van der Waals surface area (Å²) in [6, 6.07) is 14.2. The van der Waals surface area contributed by atoms with E-state index in [1.807, 2.05) is 31.2 Å². The quantitative estimate of drug-likeness (QED) is 0.376. The average Bonchev–Trinajstić information content (AvgIpc) is 3.10. The topological polar surface area (TPSA) is 85.1 Å². The molecular formula is C18H15N3O3S2. The van der Waals surface area contributed by atoms with Crippen LogP contribution in [0.25, 0.3) is 11.3 Å². The van der Waals surface area contributed by atoms with Gasteiger partial charge in [-0.1, -0.05) is 29.8 Å². The molecule has 3 aromatic rings. The van der Waals surface area contributed by atoms with Gasteiger partial charge in [0.05, 0.1) is 16.4 Å². The van der Waals surface area contributed by atoms with Crippen LogP contribution in [-0.2, 0) is 4.79 Å². The predicted octanol–water partition coefficient (Wildman–Crippen LogP) is 4.76. The van der Waals surface area contributed by atoms with E-state index in [0.29, 0.717) is 16.4 Å². The second-order valence-corrected chi connectivity index (χ2v) is 7.40.